The van der Waals surface area contributed by atoms with Gasteiger partial charge in [-0.3, -0.25) is 4.79 Å². The highest BCUT2D eigenvalue weighted by molar-refractivity contribution is 7.99. The van der Waals surface area contributed by atoms with E-state index in [0.29, 0.717) is 33.3 Å². The summed E-state index contributed by atoms with van der Waals surface area (Å²) < 4.78 is 10.9. The Kier molecular flexibility index (Phi) is 8.01. The maximum atomic E-state index is 12.1. The predicted octanol–water partition coefficient (Wildman–Crippen LogP) is 5.60. The molecule has 6 nitrogen and oxygen atoms in total. The summed E-state index contributed by atoms with van der Waals surface area (Å²) in [5.74, 6) is 1.33. The van der Waals surface area contributed by atoms with E-state index in [0.717, 1.165) is 24.2 Å². The second kappa shape index (κ2) is 10.7. The molecule has 0 aliphatic rings. The number of hydrogen-bond acceptors (Lipinski definition) is 6. The van der Waals surface area contributed by atoms with Gasteiger partial charge in [0.2, 0.25) is 11.8 Å². The smallest absolute Gasteiger partial charge is 0.277 e. The van der Waals surface area contributed by atoms with Gasteiger partial charge in [0.25, 0.3) is 5.22 Å². The molecular weight excluding hydrogens is 445 g/mol. The van der Waals surface area contributed by atoms with E-state index < -0.39 is 0 Å². The lowest BCUT2D eigenvalue weighted by atomic mass is 10.1. The van der Waals surface area contributed by atoms with E-state index in [1.54, 1.807) is 25.3 Å². The number of thioether (sulfide) groups is 1. The van der Waals surface area contributed by atoms with E-state index in [1.165, 1.54) is 17.3 Å². The van der Waals surface area contributed by atoms with Gasteiger partial charge >= 0.3 is 0 Å². The average Bonchev–Trinajstić information content (AvgIpc) is 3.18. The molecule has 0 aliphatic heterocycles. The van der Waals surface area contributed by atoms with Crippen LogP contribution in [0.15, 0.2) is 46.0 Å². The maximum absolute atomic E-state index is 12.1. The van der Waals surface area contributed by atoms with Gasteiger partial charge in [-0.05, 0) is 49.1 Å². The van der Waals surface area contributed by atoms with Crippen LogP contribution < -0.4 is 10.1 Å². The van der Waals surface area contributed by atoms with Crippen molar-refractivity contribution < 1.29 is 13.9 Å². The normalized spacial score (nSPS) is 10.8. The molecule has 0 saturated heterocycles. The molecule has 2 aromatic carbocycles. The third kappa shape index (κ3) is 6.14. The van der Waals surface area contributed by atoms with Crippen molar-refractivity contribution in [1.29, 1.82) is 0 Å². The maximum Gasteiger partial charge on any atom is 0.277 e. The van der Waals surface area contributed by atoms with Crippen molar-refractivity contribution in [3.63, 3.8) is 0 Å². The highest BCUT2D eigenvalue weighted by atomic mass is 35.5. The standard InChI is InChI=1S/C21H21Cl2N3O3S/c1-13-11-14(9-10-17(13)28-2)5-3-8-19-25-26-21(29-19)30-12-18(27)24-16-7-4-6-15(22)20(16)23/h4,6-7,9-11H,3,5,8,12H2,1-2H3,(H,24,27). The highest BCUT2D eigenvalue weighted by Gasteiger charge is 2.12. The Hall–Kier alpha value is -2.22. The molecule has 0 fully saturated rings. The number of anilines is 1. The van der Waals surface area contributed by atoms with Crippen LogP contribution in [-0.2, 0) is 17.6 Å². The van der Waals surface area contributed by atoms with Gasteiger partial charge in [0.05, 0.1) is 28.6 Å². The zero-order valence-electron chi connectivity index (χ0n) is 16.6. The lowest BCUT2D eigenvalue weighted by Crippen LogP contribution is -2.14. The molecule has 0 aliphatic carbocycles. The lowest BCUT2D eigenvalue weighted by Gasteiger charge is -2.07. The first-order valence-electron chi connectivity index (χ1n) is 9.29. The summed E-state index contributed by atoms with van der Waals surface area (Å²) in [4.78, 5) is 12.1. The van der Waals surface area contributed by atoms with Gasteiger partial charge < -0.3 is 14.5 Å². The van der Waals surface area contributed by atoms with Gasteiger partial charge in [0.1, 0.15) is 5.75 Å². The van der Waals surface area contributed by atoms with E-state index >= 15 is 0 Å². The number of nitrogens with one attached hydrogen (secondary N) is 1. The minimum atomic E-state index is -0.237. The molecule has 1 amide bonds. The number of carbonyl (C=O) groups is 1. The molecule has 0 radical (unpaired) electrons. The van der Waals surface area contributed by atoms with E-state index in [2.05, 4.69) is 27.6 Å². The number of methoxy groups -OCH3 is 1. The Morgan fingerprint density at radius 2 is 2.03 bits per heavy atom. The van der Waals surface area contributed by atoms with Crippen LogP contribution >= 0.6 is 35.0 Å². The minimum absolute atomic E-state index is 0.121. The second-order valence-electron chi connectivity index (χ2n) is 6.56. The summed E-state index contributed by atoms with van der Waals surface area (Å²) in [5, 5.41) is 11.8. The van der Waals surface area contributed by atoms with Crippen LogP contribution in [0.2, 0.25) is 10.0 Å². The van der Waals surface area contributed by atoms with Gasteiger partial charge in [0, 0.05) is 6.42 Å². The SMILES string of the molecule is COc1ccc(CCCc2nnc(SCC(=O)Nc3cccc(Cl)c3Cl)o2)cc1C. The zero-order chi connectivity index (χ0) is 21.5. The lowest BCUT2D eigenvalue weighted by molar-refractivity contribution is -0.113. The van der Waals surface area contributed by atoms with Crippen molar-refractivity contribution in [2.24, 2.45) is 0 Å². The van der Waals surface area contributed by atoms with Crippen molar-refractivity contribution in [3.8, 4) is 5.75 Å². The predicted molar refractivity (Wildman–Crippen MR) is 120 cm³/mol. The van der Waals surface area contributed by atoms with Crippen molar-refractivity contribution in [3.05, 3.63) is 63.5 Å². The molecule has 30 heavy (non-hydrogen) atoms. The van der Waals surface area contributed by atoms with E-state index in [1.807, 2.05) is 13.0 Å². The fraction of sp³-hybridized carbons (Fsp3) is 0.286. The molecule has 9 heteroatoms. The first-order chi connectivity index (χ1) is 14.5. The molecule has 1 heterocycles. The summed E-state index contributed by atoms with van der Waals surface area (Å²) in [5.41, 5.74) is 2.82. The molecular formula is C21H21Cl2N3O3S. The Morgan fingerprint density at radius 1 is 1.20 bits per heavy atom. The topological polar surface area (TPSA) is 77.2 Å². The quantitative estimate of drug-likeness (QED) is 0.414. The summed E-state index contributed by atoms with van der Waals surface area (Å²) in [6.45, 7) is 2.03. The molecule has 3 aromatic rings. The van der Waals surface area contributed by atoms with Gasteiger partial charge in [0.15, 0.2) is 0 Å². The molecule has 0 saturated carbocycles. The number of carbonyl (C=O) groups excluding carboxylic acids is 1. The fourth-order valence-electron chi connectivity index (χ4n) is 2.85. The number of rotatable bonds is 9. The van der Waals surface area contributed by atoms with E-state index in [4.69, 9.17) is 32.4 Å². The molecule has 1 N–H and O–H groups in total. The van der Waals surface area contributed by atoms with E-state index in [-0.39, 0.29) is 11.7 Å². The van der Waals surface area contributed by atoms with Crippen LogP contribution in [0.25, 0.3) is 0 Å². The number of halogens is 2. The Balaban J connectivity index is 1.44. The fourth-order valence-corrected chi connectivity index (χ4v) is 3.78. The number of ether oxygens (including phenoxy) is 1. The van der Waals surface area contributed by atoms with Gasteiger partial charge in [-0.25, -0.2) is 0 Å². The van der Waals surface area contributed by atoms with Crippen LogP contribution in [-0.4, -0.2) is 29.0 Å². The van der Waals surface area contributed by atoms with Crippen molar-refractivity contribution in [2.45, 2.75) is 31.4 Å². The summed E-state index contributed by atoms with van der Waals surface area (Å²) in [6, 6.07) is 11.2. The van der Waals surface area contributed by atoms with Gasteiger partial charge in [-0.1, -0.05) is 53.2 Å². The van der Waals surface area contributed by atoms with Crippen LogP contribution in [0.4, 0.5) is 5.69 Å². The van der Waals surface area contributed by atoms with Gasteiger partial charge in [-0.15, -0.1) is 10.2 Å². The van der Waals surface area contributed by atoms with Crippen LogP contribution in [0.3, 0.4) is 0 Å². The molecule has 0 unspecified atom stereocenters. The number of hydrogen-bond donors (Lipinski definition) is 1. The Bertz CT molecular complexity index is 1030. The second-order valence-corrected chi connectivity index (χ2v) is 8.27. The third-order valence-corrected chi connectivity index (χ3v) is 5.95. The van der Waals surface area contributed by atoms with Crippen molar-refractivity contribution in [2.75, 3.05) is 18.2 Å². The van der Waals surface area contributed by atoms with Crippen LogP contribution in [0.5, 0.6) is 5.75 Å². The largest absolute Gasteiger partial charge is 0.496 e. The summed E-state index contributed by atoms with van der Waals surface area (Å²) in [7, 11) is 1.67. The molecule has 0 atom stereocenters. The Labute approximate surface area is 189 Å². The Morgan fingerprint density at radius 3 is 2.80 bits per heavy atom. The number of nitrogens with zero attached hydrogens (tertiary/aromatic N) is 2. The third-order valence-electron chi connectivity index (χ3n) is 4.32. The summed E-state index contributed by atoms with van der Waals surface area (Å²) >= 11 is 13.2. The van der Waals surface area contributed by atoms with Crippen molar-refractivity contribution in [1.82, 2.24) is 10.2 Å². The zero-order valence-corrected chi connectivity index (χ0v) is 18.9. The number of aromatic nitrogens is 2. The van der Waals surface area contributed by atoms with Gasteiger partial charge in [-0.2, -0.15) is 0 Å². The number of benzene rings is 2. The molecule has 3 rings (SSSR count). The number of aryl methyl sites for hydroxylation is 3. The first-order valence-corrected chi connectivity index (χ1v) is 11.0. The molecule has 158 valence electrons. The van der Waals surface area contributed by atoms with E-state index in [9.17, 15) is 4.79 Å². The molecule has 1 aromatic heterocycles. The highest BCUT2D eigenvalue weighted by Crippen LogP contribution is 2.29. The molecule has 0 spiro atoms. The van der Waals surface area contributed by atoms with Crippen molar-refractivity contribution >= 4 is 46.6 Å². The molecule has 0 bridgehead atoms. The number of amides is 1. The van der Waals surface area contributed by atoms with Crippen LogP contribution in [0, 0.1) is 6.92 Å². The van der Waals surface area contributed by atoms with Crippen LogP contribution in [0.1, 0.15) is 23.4 Å². The monoisotopic (exact) mass is 465 g/mol. The summed E-state index contributed by atoms with van der Waals surface area (Å²) in [6.07, 6.45) is 2.45. The minimum Gasteiger partial charge on any atom is -0.496 e. The first kappa shape index (κ1) is 22.5. The average molecular weight is 466 g/mol.